The van der Waals surface area contributed by atoms with Crippen LogP contribution in [-0.2, 0) is 6.42 Å². The first-order valence-corrected chi connectivity index (χ1v) is 3.81. The van der Waals surface area contributed by atoms with Gasteiger partial charge in [0.05, 0.1) is 0 Å². The third-order valence-corrected chi connectivity index (χ3v) is 2.23. The molecule has 1 aliphatic carbocycles. The van der Waals surface area contributed by atoms with Crippen LogP contribution in [0, 0.1) is 5.82 Å². The molecule has 0 aromatic heterocycles. The maximum atomic E-state index is 12.7. The van der Waals surface area contributed by atoms with Crippen LogP contribution >= 0.6 is 0 Å². The van der Waals surface area contributed by atoms with Gasteiger partial charge in [0, 0.05) is 6.04 Å². The number of hydrogen-bond donors (Lipinski definition) is 1. The van der Waals surface area contributed by atoms with E-state index in [9.17, 15) is 4.39 Å². The van der Waals surface area contributed by atoms with Crippen molar-refractivity contribution in [3.8, 4) is 0 Å². The first kappa shape index (κ1) is 6.80. The van der Waals surface area contributed by atoms with Gasteiger partial charge in [-0.15, -0.1) is 0 Å². The molecule has 0 heterocycles. The summed E-state index contributed by atoms with van der Waals surface area (Å²) in [6.45, 7) is 0. The fraction of sp³-hybridized carbons (Fsp3) is 0.333. The third kappa shape index (κ3) is 1.03. The number of fused-ring (bicyclic) bond motifs is 1. The number of hydrogen-bond acceptors (Lipinski definition) is 1. The van der Waals surface area contributed by atoms with Crippen LogP contribution in [0.4, 0.5) is 4.39 Å². The molecule has 1 nitrogen and oxygen atoms in total. The van der Waals surface area contributed by atoms with E-state index in [1.807, 2.05) is 6.07 Å². The summed E-state index contributed by atoms with van der Waals surface area (Å²) in [5.41, 5.74) is 7.95. The molecule has 58 valence electrons. The van der Waals surface area contributed by atoms with Crippen LogP contribution in [0.1, 0.15) is 23.6 Å². The van der Waals surface area contributed by atoms with E-state index in [1.165, 1.54) is 11.6 Å². The van der Waals surface area contributed by atoms with Gasteiger partial charge in [0.15, 0.2) is 0 Å². The van der Waals surface area contributed by atoms with Gasteiger partial charge in [-0.05, 0) is 36.1 Å². The van der Waals surface area contributed by atoms with E-state index in [0.717, 1.165) is 18.4 Å². The number of nitrogens with two attached hydrogens (primary N) is 1. The number of aryl methyl sites for hydroxylation is 1. The topological polar surface area (TPSA) is 26.0 Å². The molecule has 0 spiro atoms. The van der Waals surface area contributed by atoms with Gasteiger partial charge in [-0.3, -0.25) is 0 Å². The largest absolute Gasteiger partial charge is 0.324 e. The van der Waals surface area contributed by atoms with E-state index in [-0.39, 0.29) is 11.9 Å². The Bertz CT molecular complexity index is 283. The van der Waals surface area contributed by atoms with E-state index in [1.54, 1.807) is 6.07 Å². The van der Waals surface area contributed by atoms with Crippen LogP contribution in [0.3, 0.4) is 0 Å². The molecule has 2 rings (SSSR count). The second-order valence-electron chi connectivity index (χ2n) is 2.99. The normalized spacial score (nSPS) is 21.8. The molecule has 1 atom stereocenters. The predicted octanol–water partition coefficient (Wildman–Crippen LogP) is 1.77. The summed E-state index contributed by atoms with van der Waals surface area (Å²) in [5.74, 6) is -0.180. The van der Waals surface area contributed by atoms with Gasteiger partial charge in [-0.2, -0.15) is 0 Å². The summed E-state index contributed by atoms with van der Waals surface area (Å²) in [5, 5.41) is 0. The number of benzene rings is 1. The Morgan fingerprint density at radius 2 is 2.27 bits per heavy atom. The first-order chi connectivity index (χ1) is 5.27. The molecule has 2 heteroatoms. The van der Waals surface area contributed by atoms with Gasteiger partial charge < -0.3 is 5.73 Å². The minimum atomic E-state index is -0.180. The summed E-state index contributed by atoms with van der Waals surface area (Å²) in [6.07, 6.45) is 1.95. The molecule has 0 amide bonds. The van der Waals surface area contributed by atoms with Crippen LogP contribution in [0.2, 0.25) is 0 Å². The maximum absolute atomic E-state index is 12.7. The van der Waals surface area contributed by atoms with Crippen LogP contribution in [0.25, 0.3) is 0 Å². The van der Waals surface area contributed by atoms with E-state index in [4.69, 9.17) is 5.73 Å². The molecule has 11 heavy (non-hydrogen) atoms. The van der Waals surface area contributed by atoms with Crippen molar-refractivity contribution < 1.29 is 4.39 Å². The number of halogens is 1. The predicted molar refractivity (Wildman–Crippen MR) is 41.6 cm³/mol. The molecule has 0 aliphatic heterocycles. The summed E-state index contributed by atoms with van der Waals surface area (Å²) >= 11 is 0. The summed E-state index contributed by atoms with van der Waals surface area (Å²) < 4.78 is 12.7. The molecule has 1 aliphatic rings. The summed E-state index contributed by atoms with van der Waals surface area (Å²) in [4.78, 5) is 0. The van der Waals surface area contributed by atoms with Crippen molar-refractivity contribution >= 4 is 0 Å². The Kier molecular flexibility index (Phi) is 1.43. The van der Waals surface area contributed by atoms with Crippen molar-refractivity contribution in [3.63, 3.8) is 0 Å². The lowest BCUT2D eigenvalue weighted by atomic mass is 10.1. The van der Waals surface area contributed by atoms with Crippen molar-refractivity contribution in [2.45, 2.75) is 18.9 Å². The maximum Gasteiger partial charge on any atom is 0.123 e. The van der Waals surface area contributed by atoms with Gasteiger partial charge in [0.2, 0.25) is 0 Å². The molecule has 0 saturated carbocycles. The zero-order chi connectivity index (χ0) is 7.84. The van der Waals surface area contributed by atoms with Crippen molar-refractivity contribution in [3.05, 3.63) is 35.1 Å². The molecule has 0 unspecified atom stereocenters. The van der Waals surface area contributed by atoms with E-state index < -0.39 is 0 Å². The Hall–Kier alpha value is -0.890. The van der Waals surface area contributed by atoms with E-state index >= 15 is 0 Å². The van der Waals surface area contributed by atoms with Gasteiger partial charge >= 0.3 is 0 Å². The molecule has 0 saturated heterocycles. The van der Waals surface area contributed by atoms with Crippen LogP contribution in [0.15, 0.2) is 18.2 Å². The highest BCUT2D eigenvalue weighted by atomic mass is 19.1. The minimum Gasteiger partial charge on any atom is -0.324 e. The average Bonchev–Trinajstić information content (AvgIpc) is 2.33. The van der Waals surface area contributed by atoms with Gasteiger partial charge in [0.25, 0.3) is 0 Å². The standard InChI is InChI=1S/C9H10FN/c10-7-3-1-6-2-4-9(11)8(6)5-7/h1,3,5,9H,2,4,11H2/t9-/m1/s1. The monoisotopic (exact) mass is 151 g/mol. The van der Waals surface area contributed by atoms with E-state index in [2.05, 4.69) is 0 Å². The molecular weight excluding hydrogens is 141 g/mol. The Balaban J connectivity index is 2.52. The molecule has 2 N–H and O–H groups in total. The van der Waals surface area contributed by atoms with Crippen LogP contribution in [-0.4, -0.2) is 0 Å². The first-order valence-electron chi connectivity index (χ1n) is 3.81. The minimum absolute atomic E-state index is 0.0562. The van der Waals surface area contributed by atoms with Crippen molar-refractivity contribution in [2.75, 3.05) is 0 Å². The lowest BCUT2D eigenvalue weighted by Crippen LogP contribution is -2.05. The molecular formula is C9H10FN. The average molecular weight is 151 g/mol. The molecule has 1 aromatic carbocycles. The molecule has 1 aromatic rings. The highest BCUT2D eigenvalue weighted by molar-refractivity contribution is 5.34. The lowest BCUT2D eigenvalue weighted by molar-refractivity contribution is 0.622. The quantitative estimate of drug-likeness (QED) is 0.600. The number of rotatable bonds is 0. The van der Waals surface area contributed by atoms with Crippen molar-refractivity contribution in [2.24, 2.45) is 5.73 Å². The summed E-state index contributed by atoms with van der Waals surface area (Å²) in [7, 11) is 0. The Morgan fingerprint density at radius 3 is 3.09 bits per heavy atom. The second kappa shape index (κ2) is 2.31. The lowest BCUT2D eigenvalue weighted by Gasteiger charge is -2.02. The zero-order valence-electron chi connectivity index (χ0n) is 6.18. The third-order valence-electron chi connectivity index (χ3n) is 2.23. The second-order valence-corrected chi connectivity index (χ2v) is 2.99. The van der Waals surface area contributed by atoms with Crippen molar-refractivity contribution in [1.29, 1.82) is 0 Å². The van der Waals surface area contributed by atoms with E-state index in [0.29, 0.717) is 0 Å². The molecule has 0 bridgehead atoms. The fourth-order valence-corrected chi connectivity index (χ4v) is 1.61. The fourth-order valence-electron chi connectivity index (χ4n) is 1.61. The van der Waals surface area contributed by atoms with Gasteiger partial charge in [0.1, 0.15) is 5.82 Å². The van der Waals surface area contributed by atoms with Crippen LogP contribution in [0.5, 0.6) is 0 Å². The van der Waals surface area contributed by atoms with Gasteiger partial charge in [-0.25, -0.2) is 4.39 Å². The highest BCUT2D eigenvalue weighted by Crippen LogP contribution is 2.29. The molecule has 0 radical (unpaired) electrons. The highest BCUT2D eigenvalue weighted by Gasteiger charge is 2.18. The Morgan fingerprint density at radius 1 is 1.45 bits per heavy atom. The van der Waals surface area contributed by atoms with Gasteiger partial charge in [-0.1, -0.05) is 6.07 Å². The Labute approximate surface area is 65.0 Å². The SMILES string of the molecule is N[C@@H]1CCc2ccc(F)cc21. The van der Waals surface area contributed by atoms with Crippen LogP contribution < -0.4 is 5.73 Å². The summed E-state index contributed by atoms with van der Waals surface area (Å²) in [6, 6.07) is 4.93. The molecule has 0 fully saturated rings. The smallest absolute Gasteiger partial charge is 0.123 e. The van der Waals surface area contributed by atoms with Crippen molar-refractivity contribution in [1.82, 2.24) is 0 Å². The zero-order valence-corrected chi connectivity index (χ0v) is 6.18.